The Hall–Kier alpha value is -0.0400. The van der Waals surface area contributed by atoms with Crippen molar-refractivity contribution in [3.8, 4) is 0 Å². The van der Waals surface area contributed by atoms with Crippen LogP contribution in [-0.2, 0) is 0 Å². The third-order valence-electron chi connectivity index (χ3n) is 0.866. The van der Waals surface area contributed by atoms with Crippen molar-refractivity contribution in [3.63, 3.8) is 0 Å². The Morgan fingerprint density at radius 1 is 1.40 bits per heavy atom. The quantitative estimate of drug-likeness (QED) is 0.403. The summed E-state index contributed by atoms with van der Waals surface area (Å²) in [6, 6.07) is 0. The zero-order valence-corrected chi connectivity index (χ0v) is 3.49. The fourth-order valence-corrected chi connectivity index (χ4v) is 0.167. The molecule has 0 aliphatic heterocycles. The first kappa shape index (κ1) is 4.96. The minimum absolute atomic E-state index is 0. The highest BCUT2D eigenvalue weighted by Crippen LogP contribution is 2.26. The second kappa shape index (κ2) is 1.41. The van der Waals surface area contributed by atoms with Crippen LogP contribution in [0.15, 0.2) is 0 Å². The lowest BCUT2D eigenvalue weighted by molar-refractivity contribution is 0.824. The molecule has 0 heterocycles. The molecule has 1 fully saturated rings. The van der Waals surface area contributed by atoms with Crippen LogP contribution in [0.4, 0.5) is 0 Å². The largest absolute Gasteiger partial charge is 0.412 e. The number of hydrogen-bond acceptors (Lipinski definition) is 0. The van der Waals surface area contributed by atoms with E-state index in [0.717, 1.165) is 5.92 Å². The van der Waals surface area contributed by atoms with Crippen LogP contribution in [0, 0.1) is 5.92 Å². The van der Waals surface area contributed by atoms with Crippen molar-refractivity contribution in [1.82, 2.24) is 0 Å². The van der Waals surface area contributed by atoms with Gasteiger partial charge in [0.2, 0.25) is 0 Å². The Balaban J connectivity index is 0.000000160. The predicted octanol–water partition coefficient (Wildman–Crippen LogP) is 0.592. The van der Waals surface area contributed by atoms with E-state index in [1.54, 1.807) is 0 Å². The van der Waals surface area contributed by atoms with Gasteiger partial charge in [-0.2, -0.15) is 0 Å². The van der Waals surface area contributed by atoms with Crippen LogP contribution in [0.5, 0.6) is 0 Å². The molecule has 1 saturated carbocycles. The zero-order valence-electron chi connectivity index (χ0n) is 3.49. The molecule has 1 aliphatic rings. The van der Waals surface area contributed by atoms with Crippen LogP contribution < -0.4 is 0 Å². The standard InChI is InChI=1S/C4H8.H2O/c1-4-2-3-4;/h4H,2-3H2,1H3;1H2. The van der Waals surface area contributed by atoms with Crippen molar-refractivity contribution in [1.29, 1.82) is 0 Å². The van der Waals surface area contributed by atoms with Gasteiger partial charge in [-0.3, -0.25) is 0 Å². The van der Waals surface area contributed by atoms with E-state index in [4.69, 9.17) is 0 Å². The van der Waals surface area contributed by atoms with Crippen molar-refractivity contribution in [3.05, 3.63) is 0 Å². The van der Waals surface area contributed by atoms with E-state index in [0.29, 0.717) is 0 Å². The second-order valence-corrected chi connectivity index (χ2v) is 1.68. The lowest BCUT2D eigenvalue weighted by atomic mass is 10.5. The smallest absolute Gasteiger partial charge is 0.0443 e. The SMILES string of the molecule is CC1CC1.O. The van der Waals surface area contributed by atoms with E-state index in [1.807, 2.05) is 0 Å². The highest BCUT2D eigenvalue weighted by atomic mass is 16.0. The monoisotopic (exact) mass is 74.1 g/mol. The van der Waals surface area contributed by atoms with Crippen LogP contribution in [0.25, 0.3) is 0 Å². The van der Waals surface area contributed by atoms with Crippen molar-refractivity contribution < 1.29 is 5.48 Å². The molecular weight excluding hydrogens is 64.0 g/mol. The van der Waals surface area contributed by atoms with Crippen LogP contribution in [0.1, 0.15) is 19.8 Å². The number of rotatable bonds is 0. The summed E-state index contributed by atoms with van der Waals surface area (Å²) in [5.74, 6) is 1.08. The van der Waals surface area contributed by atoms with Gasteiger partial charge in [-0.1, -0.05) is 19.8 Å². The van der Waals surface area contributed by atoms with Gasteiger partial charge in [0, 0.05) is 0 Å². The van der Waals surface area contributed by atoms with E-state index in [2.05, 4.69) is 6.92 Å². The van der Waals surface area contributed by atoms with Gasteiger partial charge in [-0.15, -0.1) is 0 Å². The lowest BCUT2D eigenvalue weighted by Gasteiger charge is -1.53. The number of hydrogen-bond donors (Lipinski definition) is 0. The third-order valence-corrected chi connectivity index (χ3v) is 0.866. The molecule has 0 spiro atoms. The first-order valence-electron chi connectivity index (χ1n) is 1.89. The molecule has 1 nitrogen and oxygen atoms in total. The van der Waals surface area contributed by atoms with Crippen molar-refractivity contribution >= 4 is 0 Å². The normalized spacial score (nSPS) is 21.0. The van der Waals surface area contributed by atoms with E-state index in [-0.39, 0.29) is 5.48 Å². The predicted molar refractivity (Wildman–Crippen MR) is 22.0 cm³/mol. The maximum Gasteiger partial charge on any atom is -0.0443 e. The minimum Gasteiger partial charge on any atom is -0.412 e. The third kappa shape index (κ3) is 1.74. The molecule has 5 heavy (non-hydrogen) atoms. The molecule has 0 bridgehead atoms. The van der Waals surface area contributed by atoms with E-state index >= 15 is 0 Å². The molecule has 0 aromatic rings. The van der Waals surface area contributed by atoms with Gasteiger partial charge in [-0.25, -0.2) is 0 Å². The van der Waals surface area contributed by atoms with Gasteiger partial charge >= 0.3 is 0 Å². The fraction of sp³-hybridized carbons (Fsp3) is 1.00. The van der Waals surface area contributed by atoms with Crippen LogP contribution in [0.3, 0.4) is 0 Å². The highest BCUT2D eigenvalue weighted by Gasteiger charge is 2.12. The maximum absolute atomic E-state index is 2.28. The van der Waals surface area contributed by atoms with Crippen LogP contribution in [-0.4, -0.2) is 5.48 Å². The van der Waals surface area contributed by atoms with E-state index in [1.165, 1.54) is 12.8 Å². The van der Waals surface area contributed by atoms with Crippen molar-refractivity contribution in [2.75, 3.05) is 0 Å². The Morgan fingerprint density at radius 2 is 1.60 bits per heavy atom. The summed E-state index contributed by atoms with van der Waals surface area (Å²) in [5.41, 5.74) is 0. The summed E-state index contributed by atoms with van der Waals surface area (Å²) >= 11 is 0. The molecule has 0 amide bonds. The molecule has 1 rings (SSSR count). The van der Waals surface area contributed by atoms with Gasteiger partial charge in [0.15, 0.2) is 0 Å². The molecule has 0 radical (unpaired) electrons. The topological polar surface area (TPSA) is 31.5 Å². The van der Waals surface area contributed by atoms with Gasteiger partial charge < -0.3 is 5.48 Å². The van der Waals surface area contributed by atoms with Gasteiger partial charge in [0.05, 0.1) is 0 Å². The Labute approximate surface area is 32.3 Å². The second-order valence-electron chi connectivity index (χ2n) is 1.68. The minimum atomic E-state index is 0. The summed E-state index contributed by atoms with van der Waals surface area (Å²) in [7, 11) is 0. The first-order chi connectivity index (χ1) is 1.89. The van der Waals surface area contributed by atoms with Gasteiger partial charge in [0.1, 0.15) is 0 Å². The molecule has 0 unspecified atom stereocenters. The van der Waals surface area contributed by atoms with Crippen molar-refractivity contribution in [2.45, 2.75) is 19.8 Å². The van der Waals surface area contributed by atoms with Crippen LogP contribution in [0.2, 0.25) is 0 Å². The lowest BCUT2D eigenvalue weighted by Crippen LogP contribution is -1.42. The average molecular weight is 74.1 g/mol. The molecule has 0 aromatic heterocycles. The maximum atomic E-state index is 2.28. The van der Waals surface area contributed by atoms with Gasteiger partial charge in [0.25, 0.3) is 0 Å². The van der Waals surface area contributed by atoms with Crippen LogP contribution >= 0.6 is 0 Å². The zero-order chi connectivity index (χ0) is 2.99. The average Bonchev–Trinajstić information content (AvgIpc) is 1.75. The molecule has 1 aliphatic carbocycles. The molecule has 2 N–H and O–H groups in total. The molecule has 32 valence electrons. The molecule has 0 aromatic carbocycles. The highest BCUT2D eigenvalue weighted by molar-refractivity contribution is 4.65. The fourth-order valence-electron chi connectivity index (χ4n) is 0.167. The molecular formula is C4H10O. The summed E-state index contributed by atoms with van der Waals surface area (Å²) in [6.07, 6.45) is 2.97. The summed E-state index contributed by atoms with van der Waals surface area (Å²) in [5, 5.41) is 0. The van der Waals surface area contributed by atoms with E-state index < -0.39 is 0 Å². The summed E-state index contributed by atoms with van der Waals surface area (Å²) in [6.45, 7) is 2.28. The van der Waals surface area contributed by atoms with E-state index in [9.17, 15) is 0 Å². The molecule has 0 atom stereocenters. The molecule has 1 heteroatoms. The Bertz CT molecular complexity index is 22.8. The Kier molecular flexibility index (Phi) is 1.40. The van der Waals surface area contributed by atoms with Crippen molar-refractivity contribution in [2.24, 2.45) is 5.92 Å². The summed E-state index contributed by atoms with van der Waals surface area (Å²) < 4.78 is 0. The summed E-state index contributed by atoms with van der Waals surface area (Å²) in [4.78, 5) is 0. The Morgan fingerprint density at radius 3 is 1.60 bits per heavy atom. The van der Waals surface area contributed by atoms with Gasteiger partial charge in [-0.05, 0) is 5.92 Å². The molecule has 0 saturated heterocycles. The first-order valence-corrected chi connectivity index (χ1v) is 1.89.